The second-order valence-electron chi connectivity index (χ2n) is 4.35. The third-order valence-corrected chi connectivity index (χ3v) is 3.06. The Labute approximate surface area is 124 Å². The maximum atomic E-state index is 12.9. The molecule has 0 aliphatic rings. The molecule has 0 aliphatic heterocycles. The van der Waals surface area contributed by atoms with Crippen molar-refractivity contribution >= 4 is 17.3 Å². The fourth-order valence-corrected chi connectivity index (χ4v) is 2.03. The predicted molar refractivity (Wildman–Crippen MR) is 74.9 cm³/mol. The van der Waals surface area contributed by atoms with E-state index in [2.05, 4.69) is 5.32 Å². The lowest BCUT2D eigenvalue weighted by Gasteiger charge is -2.15. The third-order valence-electron chi connectivity index (χ3n) is 2.83. The van der Waals surface area contributed by atoms with Gasteiger partial charge in [-0.05, 0) is 35.9 Å². The second-order valence-corrected chi connectivity index (χ2v) is 4.79. The number of alkyl halides is 3. The highest BCUT2D eigenvalue weighted by Gasteiger charge is 2.33. The Balaban J connectivity index is 2.22. The van der Waals surface area contributed by atoms with Crippen LogP contribution in [0.25, 0.3) is 0 Å². The molecule has 1 N–H and O–H groups in total. The lowest BCUT2D eigenvalue weighted by atomic mass is 10.1. The fourth-order valence-electron chi connectivity index (χ4n) is 1.85. The third kappa shape index (κ3) is 3.89. The van der Waals surface area contributed by atoms with E-state index >= 15 is 0 Å². The molecule has 0 heterocycles. The molecule has 6 heteroatoms. The molecule has 108 valence electrons. The summed E-state index contributed by atoms with van der Waals surface area (Å²) in [6.07, 6.45) is -4.48. The molecule has 2 aromatic rings. The van der Waals surface area contributed by atoms with Crippen LogP contribution < -0.4 is 5.32 Å². The molecule has 0 radical (unpaired) electrons. The average Bonchev–Trinajstić information content (AvgIpc) is 2.45. The predicted octanol–water partition coefficient (Wildman–Crippen LogP) is 4.84. The van der Waals surface area contributed by atoms with Gasteiger partial charge in [-0.15, -0.1) is 0 Å². The summed E-state index contributed by atoms with van der Waals surface area (Å²) in [4.78, 5) is 0. The largest absolute Gasteiger partial charge is 0.418 e. The van der Waals surface area contributed by atoms with Gasteiger partial charge in [0, 0.05) is 17.3 Å². The zero-order chi connectivity index (χ0) is 15.5. The van der Waals surface area contributed by atoms with Crippen molar-refractivity contribution in [1.82, 2.24) is 0 Å². The molecular formula is C15H10ClF3N2. The van der Waals surface area contributed by atoms with Crippen molar-refractivity contribution in [1.29, 1.82) is 5.26 Å². The Morgan fingerprint density at radius 2 is 1.90 bits per heavy atom. The highest BCUT2D eigenvalue weighted by atomic mass is 35.5. The van der Waals surface area contributed by atoms with E-state index in [1.807, 2.05) is 6.07 Å². The van der Waals surface area contributed by atoms with Gasteiger partial charge in [0.25, 0.3) is 0 Å². The van der Waals surface area contributed by atoms with Crippen molar-refractivity contribution in [3.63, 3.8) is 0 Å². The number of nitrogens with zero attached hydrogens (tertiary/aromatic N) is 1. The van der Waals surface area contributed by atoms with E-state index in [0.29, 0.717) is 5.56 Å². The van der Waals surface area contributed by atoms with Crippen LogP contribution in [0.4, 0.5) is 18.9 Å². The van der Waals surface area contributed by atoms with Crippen LogP contribution in [0.15, 0.2) is 42.5 Å². The van der Waals surface area contributed by atoms with Crippen molar-refractivity contribution in [2.75, 3.05) is 5.32 Å². The highest BCUT2D eigenvalue weighted by molar-refractivity contribution is 6.30. The first-order chi connectivity index (χ1) is 9.90. The lowest BCUT2D eigenvalue weighted by Crippen LogP contribution is -2.11. The Bertz CT molecular complexity index is 690. The summed E-state index contributed by atoms with van der Waals surface area (Å²) >= 11 is 5.62. The molecule has 0 aliphatic carbocycles. The quantitative estimate of drug-likeness (QED) is 0.880. The number of nitrogens with one attached hydrogen (secondary N) is 1. The van der Waals surface area contributed by atoms with E-state index in [-0.39, 0.29) is 17.3 Å². The zero-order valence-corrected chi connectivity index (χ0v) is 11.5. The van der Waals surface area contributed by atoms with Gasteiger partial charge in [-0.3, -0.25) is 0 Å². The lowest BCUT2D eigenvalue weighted by molar-refractivity contribution is -0.136. The minimum Gasteiger partial charge on any atom is -0.380 e. The normalized spacial score (nSPS) is 11.0. The molecule has 0 bridgehead atoms. The number of hydrogen-bond donors (Lipinski definition) is 1. The summed E-state index contributed by atoms with van der Waals surface area (Å²) in [5.41, 5.74) is 0.319. The van der Waals surface area contributed by atoms with Gasteiger partial charge in [-0.2, -0.15) is 18.4 Å². The molecule has 0 saturated heterocycles. The molecule has 0 aromatic heterocycles. The minimum atomic E-state index is -4.48. The maximum absolute atomic E-state index is 12.9. The molecule has 2 rings (SSSR count). The smallest absolute Gasteiger partial charge is 0.380 e. The number of benzene rings is 2. The van der Waals surface area contributed by atoms with Gasteiger partial charge in [0.15, 0.2) is 0 Å². The topological polar surface area (TPSA) is 35.8 Å². The first-order valence-electron chi connectivity index (χ1n) is 6.00. The summed E-state index contributed by atoms with van der Waals surface area (Å²) in [7, 11) is 0. The van der Waals surface area contributed by atoms with Crippen molar-refractivity contribution in [2.24, 2.45) is 0 Å². The number of hydrogen-bond acceptors (Lipinski definition) is 2. The molecule has 2 nitrogen and oxygen atoms in total. The first-order valence-corrected chi connectivity index (χ1v) is 6.37. The second kappa shape index (κ2) is 6.06. The summed E-state index contributed by atoms with van der Waals surface area (Å²) in [5, 5.41) is 11.5. The molecular weight excluding hydrogens is 301 g/mol. The summed E-state index contributed by atoms with van der Waals surface area (Å²) < 4.78 is 38.8. The van der Waals surface area contributed by atoms with Gasteiger partial charge < -0.3 is 5.32 Å². The molecule has 0 saturated carbocycles. The van der Waals surface area contributed by atoms with Gasteiger partial charge in [0.2, 0.25) is 0 Å². The Morgan fingerprint density at radius 1 is 1.14 bits per heavy atom. The molecule has 21 heavy (non-hydrogen) atoms. The standard InChI is InChI=1S/C15H10ClF3N2/c16-12-4-5-14(13(7-12)15(17,18)19)21-9-11-3-1-2-10(6-11)8-20/h1-7,21H,9H2. The Kier molecular flexibility index (Phi) is 4.39. The van der Waals surface area contributed by atoms with E-state index in [1.54, 1.807) is 24.3 Å². The number of nitriles is 1. The SMILES string of the molecule is N#Cc1cccc(CNc2ccc(Cl)cc2C(F)(F)F)c1. The van der Waals surface area contributed by atoms with Crippen LogP contribution in [0.5, 0.6) is 0 Å². The molecule has 2 aromatic carbocycles. The highest BCUT2D eigenvalue weighted by Crippen LogP contribution is 2.36. The maximum Gasteiger partial charge on any atom is 0.418 e. The Hall–Kier alpha value is -2.19. The van der Waals surface area contributed by atoms with Crippen LogP contribution in [0.3, 0.4) is 0 Å². The van der Waals surface area contributed by atoms with Crippen LogP contribution in [0, 0.1) is 11.3 Å². The van der Waals surface area contributed by atoms with Crippen LogP contribution in [-0.4, -0.2) is 0 Å². The van der Waals surface area contributed by atoms with E-state index in [9.17, 15) is 13.2 Å². The van der Waals surface area contributed by atoms with Crippen LogP contribution >= 0.6 is 11.6 Å². The number of halogens is 4. The van der Waals surface area contributed by atoms with E-state index < -0.39 is 11.7 Å². The summed E-state index contributed by atoms with van der Waals surface area (Å²) in [5.74, 6) is 0. The van der Waals surface area contributed by atoms with E-state index in [4.69, 9.17) is 16.9 Å². The van der Waals surface area contributed by atoms with Crippen molar-refractivity contribution < 1.29 is 13.2 Å². The van der Waals surface area contributed by atoms with Crippen molar-refractivity contribution in [3.8, 4) is 6.07 Å². The summed E-state index contributed by atoms with van der Waals surface area (Å²) in [6, 6.07) is 12.2. The summed E-state index contributed by atoms with van der Waals surface area (Å²) in [6.45, 7) is 0.181. The van der Waals surface area contributed by atoms with Gasteiger partial charge in [-0.25, -0.2) is 0 Å². The van der Waals surface area contributed by atoms with Crippen molar-refractivity contribution in [3.05, 3.63) is 64.2 Å². The van der Waals surface area contributed by atoms with E-state index in [0.717, 1.165) is 11.6 Å². The van der Waals surface area contributed by atoms with Gasteiger partial charge in [0.1, 0.15) is 0 Å². The van der Waals surface area contributed by atoms with Crippen LogP contribution in [0.2, 0.25) is 5.02 Å². The Morgan fingerprint density at radius 3 is 2.57 bits per heavy atom. The molecule has 0 unspecified atom stereocenters. The zero-order valence-electron chi connectivity index (χ0n) is 10.7. The molecule has 0 amide bonds. The molecule has 0 atom stereocenters. The average molecular weight is 311 g/mol. The van der Waals surface area contributed by atoms with Gasteiger partial charge in [-0.1, -0.05) is 23.7 Å². The fraction of sp³-hybridized carbons (Fsp3) is 0.133. The van der Waals surface area contributed by atoms with E-state index in [1.165, 1.54) is 12.1 Å². The first kappa shape index (κ1) is 15.2. The van der Waals surface area contributed by atoms with Gasteiger partial charge >= 0.3 is 6.18 Å². The van der Waals surface area contributed by atoms with Crippen LogP contribution in [0.1, 0.15) is 16.7 Å². The minimum absolute atomic E-state index is 0.0272. The monoisotopic (exact) mass is 310 g/mol. The number of anilines is 1. The van der Waals surface area contributed by atoms with Gasteiger partial charge in [0.05, 0.1) is 17.2 Å². The van der Waals surface area contributed by atoms with Crippen LogP contribution in [-0.2, 0) is 12.7 Å². The molecule has 0 spiro atoms. The molecule has 0 fully saturated rings. The number of rotatable bonds is 3. The van der Waals surface area contributed by atoms with Crippen molar-refractivity contribution in [2.45, 2.75) is 12.7 Å².